The molecule has 3 N–H and O–H groups in total. The number of alkyl halides is 3. The first-order valence-electron chi connectivity index (χ1n) is 5.27. The molecule has 0 saturated carbocycles. The van der Waals surface area contributed by atoms with Crippen LogP contribution in [0.15, 0.2) is 12.2 Å². The number of carbonyl (C=O) groups is 3. The number of unbranched alkanes of at least 4 members (excludes halogenated alkanes) is 1. The molecular formula is C10H13F3N2O4. The monoisotopic (exact) mass is 282 g/mol. The lowest BCUT2D eigenvalue weighted by atomic mass is 10.2. The Morgan fingerprint density at radius 3 is 2.26 bits per heavy atom. The highest BCUT2D eigenvalue weighted by Gasteiger charge is 2.25. The van der Waals surface area contributed by atoms with Gasteiger partial charge < -0.3 is 10.4 Å². The number of rotatable bonds is 6. The molecule has 0 aliphatic heterocycles. The van der Waals surface area contributed by atoms with Crippen molar-refractivity contribution in [1.29, 1.82) is 0 Å². The predicted octanol–water partition coefficient (Wildman–Crippen LogP) is 1.19. The number of carboxylic acid groups (broad SMARTS) is 1. The zero-order valence-electron chi connectivity index (χ0n) is 9.79. The van der Waals surface area contributed by atoms with Crippen molar-refractivity contribution in [3.05, 3.63) is 12.2 Å². The minimum Gasteiger partial charge on any atom is -0.478 e. The third-order valence-electron chi connectivity index (χ3n) is 1.79. The highest BCUT2D eigenvalue weighted by atomic mass is 19.4. The fourth-order valence-corrected chi connectivity index (χ4v) is 0.997. The zero-order valence-corrected chi connectivity index (χ0v) is 9.79. The summed E-state index contributed by atoms with van der Waals surface area (Å²) in [4.78, 5) is 32.0. The zero-order chi connectivity index (χ0) is 14.9. The Morgan fingerprint density at radius 2 is 1.74 bits per heavy atom. The topological polar surface area (TPSA) is 95.5 Å². The Kier molecular flexibility index (Phi) is 7.23. The quantitative estimate of drug-likeness (QED) is 0.503. The van der Waals surface area contributed by atoms with Gasteiger partial charge in [-0.25, -0.2) is 9.59 Å². The molecule has 0 radical (unpaired) electrons. The minimum atomic E-state index is -4.22. The second-order valence-corrected chi connectivity index (χ2v) is 3.49. The standard InChI is InChI=1S/C10H13F3N2O4/c11-10(12,13)5-1-2-6-14-9(19)15-7(16)3-4-8(17)18/h3-4H,1-2,5-6H2,(H,17,18)(H2,14,15,16,19)/b4-3+. The van der Waals surface area contributed by atoms with Crippen LogP contribution in [0.5, 0.6) is 0 Å². The number of carboxylic acids is 1. The summed E-state index contributed by atoms with van der Waals surface area (Å²) >= 11 is 0. The normalized spacial score (nSPS) is 11.3. The Bertz CT molecular complexity index is 366. The Balaban J connectivity index is 3.71. The predicted molar refractivity (Wildman–Crippen MR) is 58.2 cm³/mol. The third-order valence-corrected chi connectivity index (χ3v) is 1.79. The molecule has 108 valence electrons. The molecule has 0 aromatic heterocycles. The van der Waals surface area contributed by atoms with Gasteiger partial charge in [-0.2, -0.15) is 13.2 Å². The van der Waals surface area contributed by atoms with Gasteiger partial charge in [0.05, 0.1) is 0 Å². The van der Waals surface area contributed by atoms with E-state index >= 15 is 0 Å². The van der Waals surface area contributed by atoms with Gasteiger partial charge in [-0.05, 0) is 12.8 Å². The molecule has 0 aliphatic carbocycles. The summed E-state index contributed by atoms with van der Waals surface area (Å²) in [5, 5.41) is 12.2. The van der Waals surface area contributed by atoms with Crippen molar-refractivity contribution in [3.8, 4) is 0 Å². The van der Waals surface area contributed by atoms with Gasteiger partial charge in [0, 0.05) is 25.1 Å². The van der Waals surface area contributed by atoms with E-state index in [1.165, 1.54) is 0 Å². The lowest BCUT2D eigenvalue weighted by molar-refractivity contribution is -0.135. The highest BCUT2D eigenvalue weighted by molar-refractivity contribution is 6.02. The van der Waals surface area contributed by atoms with Crippen LogP contribution < -0.4 is 10.6 Å². The third kappa shape index (κ3) is 12.2. The van der Waals surface area contributed by atoms with E-state index in [9.17, 15) is 27.6 Å². The molecule has 0 heterocycles. The molecule has 0 aliphatic rings. The Morgan fingerprint density at radius 1 is 1.11 bits per heavy atom. The van der Waals surface area contributed by atoms with Gasteiger partial charge in [0.1, 0.15) is 0 Å². The molecule has 0 unspecified atom stereocenters. The summed E-state index contributed by atoms with van der Waals surface area (Å²) in [6, 6.07) is -0.896. The number of nitrogens with one attached hydrogen (secondary N) is 2. The summed E-state index contributed by atoms with van der Waals surface area (Å²) in [6.45, 7) is -0.0160. The van der Waals surface area contributed by atoms with E-state index in [1.54, 1.807) is 5.32 Å². The molecule has 0 bridgehead atoms. The SMILES string of the molecule is O=C(O)/C=C/C(=O)NC(=O)NCCCCC(F)(F)F. The first kappa shape index (κ1) is 16.9. The number of urea groups is 1. The van der Waals surface area contributed by atoms with Crippen LogP contribution in [0.3, 0.4) is 0 Å². The molecular weight excluding hydrogens is 269 g/mol. The maximum Gasteiger partial charge on any atom is 0.389 e. The lowest BCUT2D eigenvalue weighted by Gasteiger charge is -2.07. The number of hydrogen-bond acceptors (Lipinski definition) is 3. The number of halogens is 3. The first-order chi connectivity index (χ1) is 8.70. The van der Waals surface area contributed by atoms with Crippen molar-refractivity contribution in [2.75, 3.05) is 6.54 Å². The number of imide groups is 1. The van der Waals surface area contributed by atoms with E-state index in [0.29, 0.717) is 12.2 Å². The number of hydrogen-bond donors (Lipinski definition) is 3. The van der Waals surface area contributed by atoms with Crippen molar-refractivity contribution >= 4 is 17.9 Å². The van der Waals surface area contributed by atoms with Gasteiger partial charge in [-0.15, -0.1) is 0 Å². The van der Waals surface area contributed by atoms with Gasteiger partial charge in [0.15, 0.2) is 0 Å². The highest BCUT2D eigenvalue weighted by Crippen LogP contribution is 2.21. The maximum atomic E-state index is 11.8. The number of carbonyl (C=O) groups excluding carboxylic acids is 2. The van der Waals surface area contributed by atoms with Crippen molar-refractivity contribution in [1.82, 2.24) is 10.6 Å². The average Bonchev–Trinajstić information content (AvgIpc) is 2.24. The average molecular weight is 282 g/mol. The van der Waals surface area contributed by atoms with Crippen LogP contribution in [-0.2, 0) is 9.59 Å². The lowest BCUT2D eigenvalue weighted by Crippen LogP contribution is -2.39. The molecule has 0 spiro atoms. The van der Waals surface area contributed by atoms with Crippen LogP contribution in [-0.4, -0.2) is 35.7 Å². The second kappa shape index (κ2) is 8.11. The van der Waals surface area contributed by atoms with E-state index in [1.807, 2.05) is 0 Å². The fraction of sp³-hybridized carbons (Fsp3) is 0.500. The molecule has 19 heavy (non-hydrogen) atoms. The van der Waals surface area contributed by atoms with E-state index < -0.39 is 30.5 Å². The summed E-state index contributed by atoms with van der Waals surface area (Å²) in [7, 11) is 0. The van der Waals surface area contributed by atoms with Gasteiger partial charge in [0.2, 0.25) is 0 Å². The van der Waals surface area contributed by atoms with Crippen molar-refractivity contribution in [2.24, 2.45) is 0 Å². The van der Waals surface area contributed by atoms with E-state index in [0.717, 1.165) is 0 Å². The van der Waals surface area contributed by atoms with E-state index in [-0.39, 0.29) is 19.4 Å². The van der Waals surface area contributed by atoms with E-state index in [2.05, 4.69) is 5.32 Å². The Hall–Kier alpha value is -2.06. The minimum absolute atomic E-state index is 0.0160. The van der Waals surface area contributed by atoms with Crippen molar-refractivity contribution in [2.45, 2.75) is 25.4 Å². The summed E-state index contributed by atoms with van der Waals surface area (Å²) in [6.07, 6.45) is -3.98. The van der Waals surface area contributed by atoms with Gasteiger partial charge >= 0.3 is 18.2 Å². The molecule has 0 aromatic rings. The molecule has 6 nitrogen and oxygen atoms in total. The van der Waals surface area contributed by atoms with Gasteiger partial charge in [-0.1, -0.05) is 0 Å². The number of amides is 3. The van der Waals surface area contributed by atoms with Crippen molar-refractivity contribution < 1.29 is 32.7 Å². The summed E-state index contributed by atoms with van der Waals surface area (Å²) in [5.74, 6) is -2.28. The molecule has 3 amide bonds. The van der Waals surface area contributed by atoms with E-state index in [4.69, 9.17) is 5.11 Å². The van der Waals surface area contributed by atoms with Gasteiger partial charge in [-0.3, -0.25) is 10.1 Å². The van der Waals surface area contributed by atoms with Crippen LogP contribution in [0.4, 0.5) is 18.0 Å². The van der Waals surface area contributed by atoms with Crippen LogP contribution in [0.2, 0.25) is 0 Å². The molecule has 0 aromatic carbocycles. The summed E-state index contributed by atoms with van der Waals surface area (Å²) in [5.41, 5.74) is 0. The largest absolute Gasteiger partial charge is 0.478 e. The first-order valence-corrected chi connectivity index (χ1v) is 5.27. The summed E-state index contributed by atoms with van der Waals surface area (Å²) < 4.78 is 35.3. The van der Waals surface area contributed by atoms with Crippen LogP contribution in [0.25, 0.3) is 0 Å². The van der Waals surface area contributed by atoms with Gasteiger partial charge in [0.25, 0.3) is 5.91 Å². The molecule has 0 fully saturated rings. The Labute approximate surface area is 106 Å². The van der Waals surface area contributed by atoms with Crippen LogP contribution >= 0.6 is 0 Å². The smallest absolute Gasteiger partial charge is 0.389 e. The molecule has 0 rings (SSSR count). The molecule has 0 atom stereocenters. The van der Waals surface area contributed by atoms with Crippen LogP contribution in [0.1, 0.15) is 19.3 Å². The number of aliphatic carboxylic acids is 1. The molecule has 9 heteroatoms. The second-order valence-electron chi connectivity index (χ2n) is 3.49. The maximum absolute atomic E-state index is 11.8. The fourth-order valence-electron chi connectivity index (χ4n) is 0.997. The van der Waals surface area contributed by atoms with Crippen molar-refractivity contribution in [3.63, 3.8) is 0 Å². The molecule has 0 saturated heterocycles. The van der Waals surface area contributed by atoms with Crippen LogP contribution in [0, 0.1) is 0 Å².